The van der Waals surface area contributed by atoms with E-state index in [1.807, 2.05) is 0 Å². The number of halogens is 2. The van der Waals surface area contributed by atoms with Crippen LogP contribution in [0.3, 0.4) is 0 Å². The van der Waals surface area contributed by atoms with Crippen LogP contribution >= 0.6 is 34.2 Å². The summed E-state index contributed by atoms with van der Waals surface area (Å²) >= 11 is 8.01. The number of carbonyl (C=O) groups excluding carboxylic acids is 1. The number of hydrazone groups is 1. The predicted molar refractivity (Wildman–Crippen MR) is 70.0 cm³/mol. The number of anilines is 1. The lowest BCUT2D eigenvalue weighted by molar-refractivity contribution is -0.111. The van der Waals surface area contributed by atoms with Crippen LogP contribution in [0, 0.1) is 14.9 Å². The number of hydrogen-bond acceptors (Lipinski definition) is 4. The fourth-order valence-corrected chi connectivity index (χ4v) is 1.73. The van der Waals surface area contributed by atoms with Gasteiger partial charge in [0.05, 0.1) is 10.7 Å². The van der Waals surface area contributed by atoms with Crippen molar-refractivity contribution in [3.8, 4) is 6.07 Å². The molecule has 0 bridgehead atoms. The Bertz CT molecular complexity index is 495. The number of nitrogens with zero attached hydrogens (tertiary/aromatic N) is 2. The first kappa shape index (κ1) is 12.7. The zero-order valence-corrected chi connectivity index (χ0v) is 10.8. The minimum absolute atomic E-state index is 0.408. The van der Waals surface area contributed by atoms with Crippen LogP contribution in [0.25, 0.3) is 0 Å². The maximum absolute atomic E-state index is 10.7. The van der Waals surface area contributed by atoms with E-state index in [1.54, 1.807) is 24.3 Å². The van der Waals surface area contributed by atoms with Crippen molar-refractivity contribution in [2.75, 3.05) is 5.43 Å². The van der Waals surface area contributed by atoms with Crippen LogP contribution in [0.15, 0.2) is 23.3 Å². The number of nitriles is 1. The third-order valence-electron chi connectivity index (χ3n) is 1.56. The van der Waals surface area contributed by atoms with Crippen LogP contribution in [0.5, 0.6) is 0 Å². The highest BCUT2D eigenvalue weighted by atomic mass is 127. The quantitative estimate of drug-likeness (QED) is 0.495. The lowest BCUT2D eigenvalue weighted by atomic mass is 10.3. The maximum atomic E-state index is 10.7. The average Bonchev–Trinajstić information content (AvgIpc) is 2.21. The van der Waals surface area contributed by atoms with Crippen LogP contribution in [0.4, 0.5) is 5.69 Å². The normalized spacial score (nSPS) is 10.7. The highest BCUT2D eigenvalue weighted by molar-refractivity contribution is 14.1. The molecule has 0 spiro atoms. The molecule has 0 fully saturated rings. The van der Waals surface area contributed by atoms with Gasteiger partial charge in [0.25, 0.3) is 5.91 Å². The number of carbonyl (C=O) groups is 1. The first-order valence-corrected chi connectivity index (χ1v) is 5.49. The van der Waals surface area contributed by atoms with E-state index in [1.165, 1.54) is 0 Å². The van der Waals surface area contributed by atoms with Crippen molar-refractivity contribution in [1.82, 2.24) is 0 Å². The van der Waals surface area contributed by atoms with E-state index < -0.39 is 11.6 Å². The Morgan fingerprint density at radius 1 is 1.62 bits per heavy atom. The van der Waals surface area contributed by atoms with Gasteiger partial charge in [-0.25, -0.2) is 0 Å². The molecule has 0 heterocycles. The van der Waals surface area contributed by atoms with Gasteiger partial charge in [-0.05, 0) is 40.8 Å². The van der Waals surface area contributed by atoms with Gasteiger partial charge in [-0.1, -0.05) is 11.6 Å². The lowest BCUT2D eigenvalue weighted by Gasteiger charge is -2.03. The SMILES string of the molecule is N#CC(=NNc1ccc(I)cc1Cl)C(N)=O. The summed E-state index contributed by atoms with van der Waals surface area (Å²) < 4.78 is 0.965. The third-order valence-corrected chi connectivity index (χ3v) is 2.54. The highest BCUT2D eigenvalue weighted by Crippen LogP contribution is 2.23. The Kier molecular flexibility index (Phi) is 4.52. The van der Waals surface area contributed by atoms with Crippen molar-refractivity contribution in [3.63, 3.8) is 0 Å². The van der Waals surface area contributed by atoms with E-state index in [0.717, 1.165) is 3.57 Å². The van der Waals surface area contributed by atoms with Crippen LogP contribution in [-0.4, -0.2) is 11.6 Å². The van der Waals surface area contributed by atoms with Gasteiger partial charge in [0, 0.05) is 3.57 Å². The highest BCUT2D eigenvalue weighted by Gasteiger charge is 2.05. The van der Waals surface area contributed by atoms with E-state index in [-0.39, 0.29) is 0 Å². The number of benzene rings is 1. The molecule has 5 nitrogen and oxygen atoms in total. The molecule has 0 aliphatic rings. The van der Waals surface area contributed by atoms with Gasteiger partial charge >= 0.3 is 0 Å². The van der Waals surface area contributed by atoms with Crippen molar-refractivity contribution in [1.29, 1.82) is 5.26 Å². The van der Waals surface area contributed by atoms with Crippen LogP contribution in [0.2, 0.25) is 5.02 Å². The molecule has 1 amide bonds. The molecule has 0 unspecified atom stereocenters. The van der Waals surface area contributed by atoms with Gasteiger partial charge in [0.15, 0.2) is 0 Å². The van der Waals surface area contributed by atoms with Gasteiger partial charge in [-0.2, -0.15) is 10.4 Å². The molecule has 0 saturated carbocycles. The number of hydrogen-bond donors (Lipinski definition) is 2. The van der Waals surface area contributed by atoms with Gasteiger partial charge in [0.2, 0.25) is 5.71 Å². The summed E-state index contributed by atoms with van der Waals surface area (Å²) in [7, 11) is 0. The van der Waals surface area contributed by atoms with Gasteiger partial charge in [-0.3, -0.25) is 10.2 Å². The number of primary amides is 1. The molecular weight excluding hydrogens is 342 g/mol. The summed E-state index contributed by atoms with van der Waals surface area (Å²) in [6, 6.07) is 6.78. The molecule has 0 atom stereocenters. The predicted octanol–water partition coefficient (Wildman–Crippen LogP) is 1.72. The topological polar surface area (TPSA) is 91.3 Å². The molecule has 0 aliphatic heterocycles. The van der Waals surface area contributed by atoms with Crippen molar-refractivity contribution in [2.24, 2.45) is 10.8 Å². The van der Waals surface area contributed by atoms with Crippen molar-refractivity contribution in [3.05, 3.63) is 26.8 Å². The van der Waals surface area contributed by atoms with Crippen molar-refractivity contribution >= 4 is 51.5 Å². The summed E-state index contributed by atoms with van der Waals surface area (Å²) in [4.78, 5) is 10.7. The van der Waals surface area contributed by atoms with Crippen molar-refractivity contribution in [2.45, 2.75) is 0 Å². The minimum Gasteiger partial charge on any atom is -0.364 e. The second-order valence-corrected chi connectivity index (χ2v) is 4.33. The fourth-order valence-electron chi connectivity index (χ4n) is 0.831. The zero-order valence-electron chi connectivity index (χ0n) is 7.87. The Balaban J connectivity index is 2.90. The van der Waals surface area contributed by atoms with Crippen molar-refractivity contribution < 1.29 is 4.79 Å². The Morgan fingerprint density at radius 2 is 2.31 bits per heavy atom. The van der Waals surface area contributed by atoms with Crippen LogP contribution in [-0.2, 0) is 4.79 Å². The summed E-state index contributed by atoms with van der Waals surface area (Å²) in [6.45, 7) is 0. The molecule has 1 aromatic rings. The first-order chi connectivity index (χ1) is 7.54. The molecule has 1 aromatic carbocycles. The average molecular weight is 349 g/mol. The monoisotopic (exact) mass is 348 g/mol. The molecular formula is C9H6ClIN4O. The molecule has 1 rings (SSSR count). The summed E-state index contributed by atoms with van der Waals surface area (Å²) in [5.74, 6) is -0.892. The molecule has 82 valence electrons. The molecule has 0 saturated heterocycles. The number of amides is 1. The minimum atomic E-state index is -0.892. The van der Waals surface area contributed by atoms with E-state index >= 15 is 0 Å². The number of rotatable bonds is 3. The Hall–Kier alpha value is -1.33. The second kappa shape index (κ2) is 5.67. The molecule has 7 heteroatoms. The van der Waals surface area contributed by atoms with Crippen LogP contribution < -0.4 is 11.2 Å². The van der Waals surface area contributed by atoms with E-state index in [2.05, 4.69) is 33.1 Å². The van der Waals surface area contributed by atoms with Gasteiger partial charge in [-0.15, -0.1) is 0 Å². The van der Waals surface area contributed by atoms with E-state index in [9.17, 15) is 4.79 Å². The smallest absolute Gasteiger partial charge is 0.280 e. The van der Waals surface area contributed by atoms with E-state index in [0.29, 0.717) is 10.7 Å². The standard InChI is InChI=1S/C9H6ClIN4O/c10-6-3-5(11)1-2-7(6)14-15-8(4-12)9(13)16/h1-3,14H,(H2,13,16). The zero-order chi connectivity index (χ0) is 12.1. The summed E-state index contributed by atoms with van der Waals surface area (Å²) in [5.41, 5.74) is 7.50. The fraction of sp³-hybridized carbons (Fsp3) is 0. The Morgan fingerprint density at radius 3 is 2.81 bits per heavy atom. The number of nitrogens with two attached hydrogens (primary N) is 1. The first-order valence-electron chi connectivity index (χ1n) is 4.03. The second-order valence-electron chi connectivity index (χ2n) is 2.67. The summed E-state index contributed by atoms with van der Waals surface area (Å²) in [5, 5.41) is 12.5. The van der Waals surface area contributed by atoms with Gasteiger partial charge in [0.1, 0.15) is 6.07 Å². The molecule has 3 N–H and O–H groups in total. The van der Waals surface area contributed by atoms with E-state index in [4.69, 9.17) is 22.6 Å². The number of nitrogens with one attached hydrogen (secondary N) is 1. The largest absolute Gasteiger partial charge is 0.364 e. The lowest BCUT2D eigenvalue weighted by Crippen LogP contribution is -2.22. The molecule has 16 heavy (non-hydrogen) atoms. The third kappa shape index (κ3) is 3.36. The van der Waals surface area contributed by atoms with Gasteiger partial charge < -0.3 is 5.73 Å². The molecule has 0 aromatic heterocycles. The molecule has 0 radical (unpaired) electrons. The maximum Gasteiger partial charge on any atom is 0.280 e. The molecule has 0 aliphatic carbocycles. The Labute approximate surface area is 110 Å². The summed E-state index contributed by atoms with van der Waals surface area (Å²) in [6.07, 6.45) is 0. The van der Waals surface area contributed by atoms with Crippen LogP contribution in [0.1, 0.15) is 0 Å².